The van der Waals surface area contributed by atoms with Crippen LogP contribution in [0.5, 0.6) is 0 Å². The first-order valence-corrected chi connectivity index (χ1v) is 11.7. The van der Waals surface area contributed by atoms with Crippen LogP contribution < -0.4 is 10.6 Å². The van der Waals surface area contributed by atoms with Crippen molar-refractivity contribution in [3.05, 3.63) is 65.2 Å². The van der Waals surface area contributed by atoms with E-state index in [0.717, 1.165) is 5.56 Å². The molecule has 0 aromatic heterocycles. The normalized spacial score (nSPS) is 14.3. The number of carbonyl (C=O) groups excluding carboxylic acids is 3. The summed E-state index contributed by atoms with van der Waals surface area (Å²) in [6.45, 7) is 2.20. The van der Waals surface area contributed by atoms with Gasteiger partial charge in [-0.05, 0) is 30.2 Å². The highest BCUT2D eigenvalue weighted by atomic mass is 32.2. The largest absolute Gasteiger partial charge is 0.452 e. The lowest BCUT2D eigenvalue weighted by atomic mass is 10.1. The van der Waals surface area contributed by atoms with Gasteiger partial charge in [0.2, 0.25) is 10.0 Å². The summed E-state index contributed by atoms with van der Waals surface area (Å²) in [4.78, 5) is 36.2. The standard InChI is InChI=1S/C22H25N3O7S/c1-16-7-8-18(33(29,30)25-9-11-31-12-10-25)13-19(16)21(27)32-15-20(26)24-22(28)23-14-17-5-3-2-4-6-17/h2-8,13H,9-12,14-15H2,1H3,(H2,23,24,26,28). The van der Waals surface area contributed by atoms with Gasteiger partial charge in [-0.1, -0.05) is 36.4 Å². The minimum Gasteiger partial charge on any atom is -0.452 e. The number of urea groups is 1. The van der Waals surface area contributed by atoms with Gasteiger partial charge in [0.25, 0.3) is 5.91 Å². The van der Waals surface area contributed by atoms with E-state index in [1.165, 1.54) is 22.5 Å². The van der Waals surface area contributed by atoms with Crippen LogP contribution in [0.1, 0.15) is 21.5 Å². The molecule has 3 rings (SSSR count). The summed E-state index contributed by atoms with van der Waals surface area (Å²) in [6, 6.07) is 12.5. The summed E-state index contributed by atoms with van der Waals surface area (Å²) in [7, 11) is -3.80. The van der Waals surface area contributed by atoms with Crippen molar-refractivity contribution in [3.63, 3.8) is 0 Å². The Morgan fingerprint density at radius 1 is 1.06 bits per heavy atom. The maximum Gasteiger partial charge on any atom is 0.338 e. The maximum absolute atomic E-state index is 12.8. The van der Waals surface area contributed by atoms with Gasteiger partial charge in [-0.15, -0.1) is 0 Å². The lowest BCUT2D eigenvalue weighted by Crippen LogP contribution is -2.41. The molecule has 11 heteroatoms. The minimum absolute atomic E-state index is 0.0191. The molecule has 1 aliphatic rings. The minimum atomic E-state index is -3.80. The quantitative estimate of drug-likeness (QED) is 0.575. The van der Waals surface area contributed by atoms with Crippen LogP contribution in [-0.2, 0) is 30.8 Å². The van der Waals surface area contributed by atoms with Gasteiger partial charge in [-0.2, -0.15) is 4.31 Å². The molecule has 2 aromatic rings. The van der Waals surface area contributed by atoms with Crippen molar-refractivity contribution >= 4 is 27.9 Å². The van der Waals surface area contributed by atoms with Crippen molar-refractivity contribution in [1.82, 2.24) is 14.9 Å². The van der Waals surface area contributed by atoms with Crippen LogP contribution in [0.25, 0.3) is 0 Å². The first-order chi connectivity index (χ1) is 15.8. The molecule has 2 N–H and O–H groups in total. The Balaban J connectivity index is 1.55. The number of aryl methyl sites for hydroxylation is 1. The van der Waals surface area contributed by atoms with Crippen LogP contribution in [0.15, 0.2) is 53.4 Å². The summed E-state index contributed by atoms with van der Waals surface area (Å²) >= 11 is 0. The fourth-order valence-electron chi connectivity index (χ4n) is 3.11. The van der Waals surface area contributed by atoms with Gasteiger partial charge >= 0.3 is 12.0 Å². The summed E-state index contributed by atoms with van der Waals surface area (Å²) in [5.41, 5.74) is 1.36. The highest BCUT2D eigenvalue weighted by Gasteiger charge is 2.27. The monoisotopic (exact) mass is 475 g/mol. The zero-order valence-electron chi connectivity index (χ0n) is 18.1. The van der Waals surface area contributed by atoms with E-state index in [1.807, 2.05) is 30.3 Å². The number of benzene rings is 2. The van der Waals surface area contributed by atoms with E-state index in [4.69, 9.17) is 9.47 Å². The Bertz CT molecular complexity index is 1110. The number of amides is 3. The number of hydrogen-bond acceptors (Lipinski definition) is 7. The Morgan fingerprint density at radius 3 is 2.45 bits per heavy atom. The van der Waals surface area contributed by atoms with E-state index < -0.39 is 34.5 Å². The van der Waals surface area contributed by atoms with E-state index in [-0.39, 0.29) is 30.1 Å². The average molecular weight is 476 g/mol. The van der Waals surface area contributed by atoms with E-state index in [0.29, 0.717) is 18.8 Å². The summed E-state index contributed by atoms with van der Waals surface area (Å²) in [6.07, 6.45) is 0. The Labute approximate surface area is 191 Å². The van der Waals surface area contributed by atoms with Crippen molar-refractivity contribution in [2.24, 2.45) is 0 Å². The highest BCUT2D eigenvalue weighted by Crippen LogP contribution is 2.21. The number of sulfonamides is 1. The van der Waals surface area contributed by atoms with Crippen molar-refractivity contribution < 1.29 is 32.3 Å². The molecular weight excluding hydrogens is 450 g/mol. The first-order valence-electron chi connectivity index (χ1n) is 10.2. The van der Waals surface area contributed by atoms with Gasteiger partial charge < -0.3 is 14.8 Å². The van der Waals surface area contributed by atoms with E-state index in [2.05, 4.69) is 10.6 Å². The van der Waals surface area contributed by atoms with Crippen LogP contribution in [0.4, 0.5) is 4.79 Å². The molecule has 10 nitrogen and oxygen atoms in total. The van der Waals surface area contributed by atoms with Crippen LogP contribution in [0.3, 0.4) is 0 Å². The van der Waals surface area contributed by atoms with Gasteiger partial charge in [-0.25, -0.2) is 18.0 Å². The summed E-state index contributed by atoms with van der Waals surface area (Å²) < 4.78 is 37.1. The van der Waals surface area contributed by atoms with Crippen molar-refractivity contribution in [2.45, 2.75) is 18.4 Å². The topological polar surface area (TPSA) is 131 Å². The van der Waals surface area contributed by atoms with Crippen molar-refractivity contribution in [2.75, 3.05) is 32.9 Å². The molecule has 0 radical (unpaired) electrons. The molecule has 1 aliphatic heterocycles. The number of carbonyl (C=O) groups is 3. The summed E-state index contributed by atoms with van der Waals surface area (Å²) in [5.74, 6) is -1.69. The van der Waals surface area contributed by atoms with E-state index >= 15 is 0 Å². The predicted octanol–water partition coefficient (Wildman–Crippen LogP) is 1.20. The van der Waals surface area contributed by atoms with Gasteiger partial charge in [0.15, 0.2) is 6.61 Å². The van der Waals surface area contributed by atoms with Gasteiger partial charge in [0.05, 0.1) is 23.7 Å². The maximum atomic E-state index is 12.8. The lowest BCUT2D eigenvalue weighted by Gasteiger charge is -2.26. The molecule has 2 aromatic carbocycles. The van der Waals surface area contributed by atoms with Gasteiger partial charge in [0.1, 0.15) is 0 Å². The molecule has 1 saturated heterocycles. The third-order valence-electron chi connectivity index (χ3n) is 4.92. The van der Waals surface area contributed by atoms with Gasteiger partial charge in [0, 0.05) is 19.6 Å². The lowest BCUT2D eigenvalue weighted by molar-refractivity contribution is -0.123. The molecule has 33 heavy (non-hydrogen) atoms. The third kappa shape index (κ3) is 6.60. The number of imide groups is 1. The average Bonchev–Trinajstić information content (AvgIpc) is 2.82. The molecule has 3 amide bonds. The second-order valence-corrected chi connectivity index (χ2v) is 9.22. The Morgan fingerprint density at radius 2 is 1.76 bits per heavy atom. The van der Waals surface area contributed by atoms with Crippen LogP contribution in [0, 0.1) is 6.92 Å². The van der Waals surface area contributed by atoms with Crippen LogP contribution in [-0.4, -0.2) is 63.5 Å². The predicted molar refractivity (Wildman–Crippen MR) is 118 cm³/mol. The van der Waals surface area contributed by atoms with Gasteiger partial charge in [-0.3, -0.25) is 10.1 Å². The number of hydrogen-bond donors (Lipinski definition) is 2. The van der Waals surface area contributed by atoms with Crippen LogP contribution >= 0.6 is 0 Å². The zero-order chi connectivity index (χ0) is 23.8. The third-order valence-corrected chi connectivity index (χ3v) is 6.81. The molecule has 176 valence electrons. The molecule has 0 bridgehead atoms. The molecule has 1 fully saturated rings. The molecule has 0 unspecified atom stereocenters. The van der Waals surface area contributed by atoms with Crippen molar-refractivity contribution in [1.29, 1.82) is 0 Å². The van der Waals surface area contributed by atoms with E-state index in [1.54, 1.807) is 6.92 Å². The number of nitrogens with zero attached hydrogens (tertiary/aromatic N) is 1. The molecule has 1 heterocycles. The number of rotatable bonds is 7. The zero-order valence-corrected chi connectivity index (χ0v) is 18.9. The number of nitrogens with one attached hydrogen (secondary N) is 2. The second-order valence-electron chi connectivity index (χ2n) is 7.29. The first kappa shape index (κ1) is 24.4. The SMILES string of the molecule is Cc1ccc(S(=O)(=O)N2CCOCC2)cc1C(=O)OCC(=O)NC(=O)NCc1ccccc1. The number of esters is 1. The number of ether oxygens (including phenoxy) is 2. The smallest absolute Gasteiger partial charge is 0.338 e. The Kier molecular flexibility index (Phi) is 8.15. The fourth-order valence-corrected chi connectivity index (χ4v) is 4.55. The Hall–Kier alpha value is -3.28. The van der Waals surface area contributed by atoms with Crippen LogP contribution in [0.2, 0.25) is 0 Å². The molecular formula is C22H25N3O7S. The van der Waals surface area contributed by atoms with E-state index in [9.17, 15) is 22.8 Å². The molecule has 0 saturated carbocycles. The highest BCUT2D eigenvalue weighted by molar-refractivity contribution is 7.89. The molecule has 0 atom stereocenters. The molecule has 0 spiro atoms. The fraction of sp³-hybridized carbons (Fsp3) is 0.318. The number of morpholine rings is 1. The summed E-state index contributed by atoms with van der Waals surface area (Å²) in [5, 5.41) is 4.59. The second kappa shape index (κ2) is 11.0. The van der Waals surface area contributed by atoms with Crippen molar-refractivity contribution in [3.8, 4) is 0 Å². The molecule has 0 aliphatic carbocycles.